The van der Waals surface area contributed by atoms with Crippen LogP contribution in [0.25, 0.3) is 22.6 Å². The topological polar surface area (TPSA) is 63.3 Å². The van der Waals surface area contributed by atoms with Gasteiger partial charge in [0.15, 0.2) is 5.78 Å². The Hall–Kier alpha value is -3.66. The Morgan fingerprint density at radius 1 is 0.857 bits per heavy atom. The normalized spacial score (nSPS) is 10.7. The van der Waals surface area contributed by atoms with E-state index >= 15 is 0 Å². The Bertz CT molecular complexity index is 1080. The van der Waals surface area contributed by atoms with E-state index in [1.54, 1.807) is 24.3 Å². The summed E-state index contributed by atoms with van der Waals surface area (Å²) in [6, 6.07) is 25.2. The number of rotatable bonds is 6. The van der Waals surface area contributed by atoms with Crippen LogP contribution in [0, 0.1) is 0 Å². The second kappa shape index (κ2) is 7.92. The van der Waals surface area contributed by atoms with Crippen molar-refractivity contribution in [2.45, 2.75) is 12.8 Å². The Morgan fingerprint density at radius 3 is 2.29 bits per heavy atom. The van der Waals surface area contributed by atoms with Gasteiger partial charge in [0.1, 0.15) is 17.7 Å². The molecule has 0 aliphatic carbocycles. The number of Topliss-reactive ketones (excluding diaryl/α,β-unsaturated/α-hetero) is 1. The fourth-order valence-corrected chi connectivity index (χ4v) is 3.06. The molecule has 0 aliphatic rings. The molecule has 28 heavy (non-hydrogen) atoms. The largest absolute Gasteiger partial charge is 0.507 e. The molecule has 0 fully saturated rings. The molecule has 0 aliphatic heterocycles. The van der Waals surface area contributed by atoms with Gasteiger partial charge in [0.2, 0.25) is 5.89 Å². The van der Waals surface area contributed by atoms with Crippen LogP contribution in [0.15, 0.2) is 89.5 Å². The zero-order valence-electron chi connectivity index (χ0n) is 15.2. The third-order valence-corrected chi connectivity index (χ3v) is 4.63. The summed E-state index contributed by atoms with van der Waals surface area (Å²) >= 11 is 0. The second-order valence-corrected chi connectivity index (χ2v) is 6.54. The van der Waals surface area contributed by atoms with Gasteiger partial charge in [0.05, 0.1) is 5.56 Å². The fourth-order valence-electron chi connectivity index (χ4n) is 3.06. The standard InChI is InChI=1S/C24H19NO3/c26-22-9-5-4-8-20(22)24-25-21(16-28-24)23(27)15-12-17-10-13-19(14-11-17)18-6-2-1-3-7-18/h1-11,13-14,16,26H,12,15H2. The lowest BCUT2D eigenvalue weighted by Crippen LogP contribution is -2.01. The van der Waals surface area contributed by atoms with E-state index in [0.717, 1.165) is 11.1 Å². The molecule has 4 heteroatoms. The number of hydrogen-bond acceptors (Lipinski definition) is 4. The van der Waals surface area contributed by atoms with Crippen molar-refractivity contribution >= 4 is 5.78 Å². The van der Waals surface area contributed by atoms with E-state index in [0.29, 0.717) is 18.4 Å². The van der Waals surface area contributed by atoms with Gasteiger partial charge in [-0.25, -0.2) is 4.98 Å². The monoisotopic (exact) mass is 369 g/mol. The van der Waals surface area contributed by atoms with E-state index in [1.807, 2.05) is 30.3 Å². The lowest BCUT2D eigenvalue weighted by atomic mass is 10.0. The van der Waals surface area contributed by atoms with Crippen LogP contribution in [-0.4, -0.2) is 15.9 Å². The van der Waals surface area contributed by atoms with E-state index in [4.69, 9.17) is 4.42 Å². The lowest BCUT2D eigenvalue weighted by molar-refractivity contribution is 0.0978. The molecule has 4 aromatic rings. The maximum absolute atomic E-state index is 12.5. The highest BCUT2D eigenvalue weighted by Gasteiger charge is 2.15. The highest BCUT2D eigenvalue weighted by atomic mass is 16.3. The number of aromatic nitrogens is 1. The average Bonchev–Trinajstić information content (AvgIpc) is 3.23. The predicted octanol–water partition coefficient (Wildman–Crippen LogP) is 5.53. The molecule has 0 amide bonds. The second-order valence-electron chi connectivity index (χ2n) is 6.54. The van der Waals surface area contributed by atoms with Gasteiger partial charge in [-0.3, -0.25) is 4.79 Å². The summed E-state index contributed by atoms with van der Waals surface area (Å²) in [6.45, 7) is 0. The minimum atomic E-state index is -0.0856. The Morgan fingerprint density at radius 2 is 1.54 bits per heavy atom. The van der Waals surface area contributed by atoms with Crippen LogP contribution in [0.5, 0.6) is 5.75 Å². The number of aryl methyl sites for hydroxylation is 1. The number of carbonyl (C=O) groups is 1. The third kappa shape index (κ3) is 3.86. The highest BCUT2D eigenvalue weighted by Crippen LogP contribution is 2.28. The number of nitrogens with zero attached hydrogens (tertiary/aromatic N) is 1. The predicted molar refractivity (Wildman–Crippen MR) is 108 cm³/mol. The first kappa shape index (κ1) is 17.7. The number of ketones is 1. The number of phenolic OH excluding ortho intramolecular Hbond substituents is 1. The number of aromatic hydroxyl groups is 1. The summed E-state index contributed by atoms with van der Waals surface area (Å²) in [6.07, 6.45) is 2.33. The lowest BCUT2D eigenvalue weighted by Gasteiger charge is -2.04. The van der Waals surface area contributed by atoms with Crippen molar-refractivity contribution in [2.24, 2.45) is 0 Å². The van der Waals surface area contributed by atoms with Crippen molar-refractivity contribution in [3.05, 3.63) is 96.4 Å². The van der Waals surface area contributed by atoms with Crippen LogP contribution in [-0.2, 0) is 6.42 Å². The molecule has 0 spiro atoms. The highest BCUT2D eigenvalue weighted by molar-refractivity contribution is 5.94. The first-order valence-electron chi connectivity index (χ1n) is 9.12. The molecule has 4 rings (SSSR count). The van der Waals surface area contributed by atoms with Gasteiger partial charge < -0.3 is 9.52 Å². The van der Waals surface area contributed by atoms with Crippen LogP contribution in [0.4, 0.5) is 0 Å². The van der Waals surface area contributed by atoms with Crippen molar-refractivity contribution in [1.29, 1.82) is 0 Å². The molecule has 0 unspecified atom stereocenters. The minimum Gasteiger partial charge on any atom is -0.507 e. The van der Waals surface area contributed by atoms with Crippen LogP contribution in [0.3, 0.4) is 0 Å². The Balaban J connectivity index is 1.40. The van der Waals surface area contributed by atoms with E-state index in [2.05, 4.69) is 29.2 Å². The number of benzene rings is 3. The summed E-state index contributed by atoms with van der Waals surface area (Å²) < 4.78 is 5.38. The molecular weight excluding hydrogens is 350 g/mol. The van der Waals surface area contributed by atoms with Crippen molar-refractivity contribution in [2.75, 3.05) is 0 Å². The number of hydrogen-bond donors (Lipinski definition) is 1. The van der Waals surface area contributed by atoms with Gasteiger partial charge >= 0.3 is 0 Å². The minimum absolute atomic E-state index is 0.0712. The molecule has 3 aromatic carbocycles. The molecule has 4 nitrogen and oxygen atoms in total. The van der Waals surface area contributed by atoms with E-state index in [1.165, 1.54) is 11.8 Å². The van der Waals surface area contributed by atoms with Gasteiger partial charge in [-0.15, -0.1) is 0 Å². The smallest absolute Gasteiger partial charge is 0.230 e. The van der Waals surface area contributed by atoms with Crippen LogP contribution >= 0.6 is 0 Å². The number of oxazole rings is 1. The van der Waals surface area contributed by atoms with Crippen molar-refractivity contribution in [3.63, 3.8) is 0 Å². The van der Waals surface area contributed by atoms with Crippen LogP contribution in [0.2, 0.25) is 0 Å². The first-order chi connectivity index (χ1) is 13.7. The number of carbonyl (C=O) groups excluding carboxylic acids is 1. The van der Waals surface area contributed by atoms with Gasteiger partial charge in [0, 0.05) is 6.42 Å². The van der Waals surface area contributed by atoms with Gasteiger partial charge in [-0.2, -0.15) is 0 Å². The van der Waals surface area contributed by atoms with E-state index in [-0.39, 0.29) is 23.1 Å². The van der Waals surface area contributed by atoms with Crippen LogP contribution in [0.1, 0.15) is 22.5 Å². The average molecular weight is 369 g/mol. The maximum Gasteiger partial charge on any atom is 0.230 e. The van der Waals surface area contributed by atoms with E-state index in [9.17, 15) is 9.90 Å². The van der Waals surface area contributed by atoms with Crippen molar-refractivity contribution in [1.82, 2.24) is 4.98 Å². The Labute approximate surface area is 163 Å². The number of phenols is 1. The summed E-state index contributed by atoms with van der Waals surface area (Å²) in [5.74, 6) is 0.230. The molecule has 0 saturated heterocycles. The fraction of sp³-hybridized carbons (Fsp3) is 0.0833. The summed E-state index contributed by atoms with van der Waals surface area (Å²) in [5.41, 5.74) is 4.17. The molecular formula is C24H19NO3. The molecule has 0 atom stereocenters. The number of para-hydroxylation sites is 1. The molecule has 0 radical (unpaired) electrons. The Kier molecular flexibility index (Phi) is 5.02. The molecule has 138 valence electrons. The quantitative estimate of drug-likeness (QED) is 0.454. The van der Waals surface area contributed by atoms with Gasteiger partial charge in [-0.1, -0.05) is 66.7 Å². The van der Waals surface area contributed by atoms with Crippen LogP contribution < -0.4 is 0 Å². The van der Waals surface area contributed by atoms with Crippen molar-refractivity contribution < 1.29 is 14.3 Å². The zero-order chi connectivity index (χ0) is 19.3. The summed E-state index contributed by atoms with van der Waals surface area (Å²) in [7, 11) is 0. The summed E-state index contributed by atoms with van der Waals surface area (Å²) in [5, 5.41) is 9.88. The molecule has 1 aromatic heterocycles. The molecule has 1 N–H and O–H groups in total. The third-order valence-electron chi connectivity index (χ3n) is 4.63. The van der Waals surface area contributed by atoms with Gasteiger partial charge in [-0.05, 0) is 35.2 Å². The SMILES string of the molecule is O=C(CCc1ccc(-c2ccccc2)cc1)c1coc(-c2ccccc2O)n1. The van der Waals surface area contributed by atoms with Gasteiger partial charge in [0.25, 0.3) is 0 Å². The van der Waals surface area contributed by atoms with Crippen molar-refractivity contribution in [3.8, 4) is 28.3 Å². The summed E-state index contributed by atoms with van der Waals surface area (Å²) in [4.78, 5) is 16.7. The zero-order valence-corrected chi connectivity index (χ0v) is 15.2. The molecule has 1 heterocycles. The molecule has 0 bridgehead atoms. The molecule has 0 saturated carbocycles. The first-order valence-corrected chi connectivity index (χ1v) is 9.12. The maximum atomic E-state index is 12.5. The van der Waals surface area contributed by atoms with E-state index < -0.39 is 0 Å².